The number of carbonyl (C=O) groups is 1. The second kappa shape index (κ2) is 8.62. The quantitative estimate of drug-likeness (QED) is 0.453. The average molecular weight is 467 g/mol. The highest BCUT2D eigenvalue weighted by Crippen LogP contribution is 2.33. The zero-order valence-corrected chi connectivity index (χ0v) is 19.6. The van der Waals surface area contributed by atoms with Gasteiger partial charge < -0.3 is 9.80 Å². The van der Waals surface area contributed by atoms with Gasteiger partial charge in [-0.3, -0.25) is 9.78 Å². The Morgan fingerprint density at radius 3 is 2.91 bits per heavy atom. The predicted molar refractivity (Wildman–Crippen MR) is 131 cm³/mol. The van der Waals surface area contributed by atoms with E-state index in [9.17, 15) is 10.1 Å². The molecule has 6 heterocycles. The van der Waals surface area contributed by atoms with E-state index in [0.29, 0.717) is 18.8 Å². The van der Waals surface area contributed by atoms with Crippen molar-refractivity contribution in [1.82, 2.24) is 29.5 Å². The topological polar surface area (TPSA) is 103 Å². The summed E-state index contributed by atoms with van der Waals surface area (Å²) in [6.07, 6.45) is 9.16. The molecule has 4 aromatic rings. The van der Waals surface area contributed by atoms with Crippen LogP contribution in [-0.2, 0) is 0 Å². The molecule has 0 saturated carbocycles. The van der Waals surface area contributed by atoms with Gasteiger partial charge in [0.15, 0.2) is 5.65 Å². The van der Waals surface area contributed by atoms with Gasteiger partial charge in [-0.1, -0.05) is 0 Å². The first kappa shape index (κ1) is 21.5. The number of hydrogen-bond acceptors (Lipinski definition) is 7. The lowest BCUT2D eigenvalue weighted by Gasteiger charge is -2.34. The molecule has 0 N–H and O–H groups in total. The Labute approximate surface area is 203 Å². The smallest absolute Gasteiger partial charge is 0.273 e. The fraction of sp³-hybridized carbons (Fsp3) is 0.385. The van der Waals surface area contributed by atoms with Crippen LogP contribution in [0.4, 0.5) is 5.82 Å². The maximum atomic E-state index is 13.5. The van der Waals surface area contributed by atoms with E-state index in [1.165, 1.54) is 0 Å². The van der Waals surface area contributed by atoms with Crippen molar-refractivity contribution in [1.29, 1.82) is 5.26 Å². The molecule has 2 aliphatic heterocycles. The SMILES string of the molecule is Cc1cn2nc(C3CCCCN3C(=O)c3ccc4cnccc4n3)cc2nc1N1CCC(C#N)C1. The van der Waals surface area contributed by atoms with Gasteiger partial charge in [-0.05, 0) is 50.8 Å². The predicted octanol–water partition coefficient (Wildman–Crippen LogP) is 3.70. The molecule has 2 aliphatic rings. The number of likely N-dealkylation sites (tertiary alicyclic amines) is 1. The van der Waals surface area contributed by atoms with Crippen LogP contribution in [0.2, 0.25) is 0 Å². The molecule has 9 heteroatoms. The van der Waals surface area contributed by atoms with E-state index in [2.05, 4.69) is 20.9 Å². The molecule has 0 radical (unpaired) electrons. The molecule has 0 bridgehead atoms. The number of fused-ring (bicyclic) bond motifs is 2. The van der Waals surface area contributed by atoms with Crippen LogP contribution in [-0.4, -0.2) is 55.0 Å². The van der Waals surface area contributed by atoms with Crippen molar-refractivity contribution in [3.63, 3.8) is 0 Å². The van der Waals surface area contributed by atoms with Gasteiger partial charge in [-0.15, -0.1) is 0 Å². The van der Waals surface area contributed by atoms with Crippen LogP contribution in [0.25, 0.3) is 16.6 Å². The Bertz CT molecular complexity index is 1470. The van der Waals surface area contributed by atoms with E-state index >= 15 is 0 Å². The number of rotatable bonds is 3. The number of nitriles is 1. The van der Waals surface area contributed by atoms with Crippen LogP contribution in [0.15, 0.2) is 42.9 Å². The standard InChI is InChI=1S/C26H26N8O/c1-17-15-34-24(30-25(17)32-11-8-18(13-27)16-32)12-22(31-34)23-4-2-3-10-33(23)26(35)21-6-5-19-14-28-9-7-20(19)29-21/h5-7,9,12,14-15,18,23H,2-4,8,10-11,16H2,1H3. The van der Waals surface area contributed by atoms with E-state index in [1.807, 2.05) is 40.7 Å². The number of aryl methyl sites for hydroxylation is 1. The summed E-state index contributed by atoms with van der Waals surface area (Å²) in [4.78, 5) is 31.3. The van der Waals surface area contributed by atoms with Crippen molar-refractivity contribution in [2.24, 2.45) is 5.92 Å². The Balaban J connectivity index is 1.32. The summed E-state index contributed by atoms with van der Waals surface area (Å²) in [5.74, 6) is 0.887. The minimum absolute atomic E-state index is 0.0506. The van der Waals surface area contributed by atoms with Gasteiger partial charge in [0.1, 0.15) is 11.5 Å². The Morgan fingerprint density at radius 2 is 2.06 bits per heavy atom. The zero-order chi connectivity index (χ0) is 23.9. The highest BCUT2D eigenvalue weighted by atomic mass is 16.2. The molecule has 176 valence electrons. The lowest BCUT2D eigenvalue weighted by molar-refractivity contribution is 0.0600. The van der Waals surface area contributed by atoms with Crippen molar-refractivity contribution in [2.75, 3.05) is 24.5 Å². The molecule has 9 nitrogen and oxygen atoms in total. The van der Waals surface area contributed by atoms with Crippen molar-refractivity contribution in [3.8, 4) is 6.07 Å². The molecule has 0 aliphatic carbocycles. The van der Waals surface area contributed by atoms with Crippen LogP contribution in [0.5, 0.6) is 0 Å². The molecule has 0 aromatic carbocycles. The average Bonchev–Trinajstić information content (AvgIpc) is 3.54. The van der Waals surface area contributed by atoms with Crippen LogP contribution < -0.4 is 4.90 Å². The maximum Gasteiger partial charge on any atom is 0.273 e. The molecule has 4 aromatic heterocycles. The van der Waals surface area contributed by atoms with Crippen molar-refractivity contribution < 1.29 is 4.79 Å². The molecule has 2 atom stereocenters. The lowest BCUT2D eigenvalue weighted by Crippen LogP contribution is -2.39. The third kappa shape index (κ3) is 3.85. The van der Waals surface area contributed by atoms with Crippen molar-refractivity contribution in [3.05, 3.63) is 59.8 Å². The first-order chi connectivity index (χ1) is 17.1. The summed E-state index contributed by atoms with van der Waals surface area (Å²) in [5, 5.41) is 15.0. The fourth-order valence-corrected chi connectivity index (χ4v) is 5.27. The molecule has 2 fully saturated rings. The molecule has 6 rings (SSSR count). The normalized spacial score (nSPS) is 20.5. The first-order valence-electron chi connectivity index (χ1n) is 12.1. The number of amides is 1. The number of anilines is 1. The maximum absolute atomic E-state index is 13.5. The van der Waals surface area contributed by atoms with Crippen LogP contribution in [0, 0.1) is 24.2 Å². The summed E-state index contributed by atoms with van der Waals surface area (Å²) in [7, 11) is 0. The van der Waals surface area contributed by atoms with E-state index in [4.69, 9.17) is 10.1 Å². The van der Waals surface area contributed by atoms with Gasteiger partial charge in [0.25, 0.3) is 5.91 Å². The summed E-state index contributed by atoms with van der Waals surface area (Å²) in [6, 6.07) is 9.76. The van der Waals surface area contributed by atoms with E-state index in [1.54, 1.807) is 18.5 Å². The van der Waals surface area contributed by atoms with E-state index < -0.39 is 0 Å². The Hall–Kier alpha value is -4.06. The minimum atomic E-state index is -0.119. The summed E-state index contributed by atoms with van der Waals surface area (Å²) in [5.41, 5.74) is 3.84. The van der Waals surface area contributed by atoms with Crippen molar-refractivity contribution in [2.45, 2.75) is 38.6 Å². The zero-order valence-electron chi connectivity index (χ0n) is 19.6. The van der Waals surface area contributed by atoms with Gasteiger partial charge in [0, 0.05) is 55.2 Å². The first-order valence-corrected chi connectivity index (χ1v) is 12.1. The summed E-state index contributed by atoms with van der Waals surface area (Å²) < 4.78 is 1.81. The third-order valence-corrected chi connectivity index (χ3v) is 7.11. The van der Waals surface area contributed by atoms with Crippen LogP contribution >= 0.6 is 0 Å². The lowest BCUT2D eigenvalue weighted by atomic mass is 9.99. The number of aromatic nitrogens is 5. The molecule has 2 unspecified atom stereocenters. The number of nitrogens with zero attached hydrogens (tertiary/aromatic N) is 8. The van der Waals surface area contributed by atoms with Gasteiger partial charge in [-0.2, -0.15) is 10.4 Å². The highest BCUT2D eigenvalue weighted by Gasteiger charge is 2.32. The summed E-state index contributed by atoms with van der Waals surface area (Å²) >= 11 is 0. The highest BCUT2D eigenvalue weighted by molar-refractivity contribution is 5.95. The van der Waals surface area contributed by atoms with Crippen LogP contribution in [0.3, 0.4) is 0 Å². The van der Waals surface area contributed by atoms with Gasteiger partial charge in [-0.25, -0.2) is 14.5 Å². The van der Waals surface area contributed by atoms with Gasteiger partial charge >= 0.3 is 0 Å². The Kier molecular flexibility index (Phi) is 5.29. The number of pyridine rings is 2. The van der Waals surface area contributed by atoms with E-state index in [-0.39, 0.29) is 17.9 Å². The second-order valence-electron chi connectivity index (χ2n) is 9.46. The number of hydrogen-bond donors (Lipinski definition) is 0. The molecule has 1 amide bonds. The molecule has 35 heavy (non-hydrogen) atoms. The molecular weight excluding hydrogens is 440 g/mol. The Morgan fingerprint density at radius 1 is 1.14 bits per heavy atom. The minimum Gasteiger partial charge on any atom is -0.355 e. The monoisotopic (exact) mass is 466 g/mol. The van der Waals surface area contributed by atoms with Gasteiger partial charge in [0.2, 0.25) is 0 Å². The van der Waals surface area contributed by atoms with Crippen molar-refractivity contribution >= 4 is 28.3 Å². The second-order valence-corrected chi connectivity index (χ2v) is 9.46. The van der Waals surface area contributed by atoms with Gasteiger partial charge in [0.05, 0.1) is 29.2 Å². The molecule has 2 saturated heterocycles. The summed E-state index contributed by atoms with van der Waals surface area (Å²) in [6.45, 7) is 4.25. The number of piperidine rings is 1. The fourth-order valence-electron chi connectivity index (χ4n) is 5.27. The van der Waals surface area contributed by atoms with Crippen LogP contribution in [0.1, 0.15) is 53.5 Å². The third-order valence-electron chi connectivity index (χ3n) is 7.11. The number of carbonyl (C=O) groups excluding carboxylic acids is 1. The largest absolute Gasteiger partial charge is 0.355 e. The van der Waals surface area contributed by atoms with E-state index in [0.717, 1.165) is 65.9 Å². The molecule has 0 spiro atoms. The molecular formula is C26H26N8O.